The summed E-state index contributed by atoms with van der Waals surface area (Å²) in [5.74, 6) is 0. The molecule has 4 N–H and O–H groups in total. The SMILES string of the molecule is O.[Ni+2].[Ni].[OH-].[OH-]. The molecular formula is H4Ni2O3. The number of rotatable bonds is 0. The van der Waals surface area contributed by atoms with Crippen molar-refractivity contribution < 1.29 is 49.4 Å². The monoisotopic (exact) mass is 168 g/mol. The summed E-state index contributed by atoms with van der Waals surface area (Å²) in [6.07, 6.45) is 0. The third-order valence-electron chi connectivity index (χ3n) is 0. The maximum Gasteiger partial charge on any atom is 2.00 e. The molecule has 0 aliphatic rings. The van der Waals surface area contributed by atoms with Crippen molar-refractivity contribution in [2.75, 3.05) is 0 Å². The molecule has 0 atom stereocenters. The van der Waals surface area contributed by atoms with Crippen LogP contribution in [0.3, 0.4) is 0 Å². The molecule has 0 amide bonds. The molecule has 0 aromatic carbocycles. The molecular weight excluding hydrogens is 165 g/mol. The van der Waals surface area contributed by atoms with Gasteiger partial charge in [0.05, 0.1) is 0 Å². The number of hydrogen-bond donors (Lipinski definition) is 0. The standard InChI is InChI=1S/2Ni.3H2O/h;;3*1H2/q;+2;;;/p-2. The Morgan fingerprint density at radius 2 is 0.800 bits per heavy atom. The van der Waals surface area contributed by atoms with E-state index in [1.807, 2.05) is 0 Å². The fourth-order valence-electron chi connectivity index (χ4n) is 0. The topological polar surface area (TPSA) is 91.5 Å². The molecule has 0 saturated heterocycles. The zero-order chi connectivity index (χ0) is 0. The first-order valence-corrected chi connectivity index (χ1v) is 0. The summed E-state index contributed by atoms with van der Waals surface area (Å²) in [5, 5.41) is 0. The normalized spacial score (nSPS) is 0. The smallest absolute Gasteiger partial charge is 0.870 e. The summed E-state index contributed by atoms with van der Waals surface area (Å²) in [7, 11) is 0. The summed E-state index contributed by atoms with van der Waals surface area (Å²) in [5.41, 5.74) is 0. The van der Waals surface area contributed by atoms with E-state index >= 15 is 0 Å². The Bertz CT molecular complexity index is 4.85. The van der Waals surface area contributed by atoms with Gasteiger partial charge in [0.25, 0.3) is 0 Å². The predicted molar refractivity (Wildman–Crippen MR) is 7.49 cm³/mol. The molecule has 0 bridgehead atoms. The van der Waals surface area contributed by atoms with Gasteiger partial charge in [0.2, 0.25) is 0 Å². The van der Waals surface area contributed by atoms with Crippen molar-refractivity contribution in [3.63, 3.8) is 0 Å². The fourth-order valence-corrected chi connectivity index (χ4v) is 0. The van der Waals surface area contributed by atoms with Crippen molar-refractivity contribution in [2.24, 2.45) is 0 Å². The quantitative estimate of drug-likeness (QED) is 0.427. The molecule has 0 spiro atoms. The summed E-state index contributed by atoms with van der Waals surface area (Å²) < 4.78 is 0. The van der Waals surface area contributed by atoms with Gasteiger partial charge >= 0.3 is 16.5 Å². The minimum Gasteiger partial charge on any atom is -0.870 e. The second-order valence-electron chi connectivity index (χ2n) is 0. The fraction of sp³-hybridized carbons (Fsp3) is 0. The van der Waals surface area contributed by atoms with Crippen molar-refractivity contribution in [1.82, 2.24) is 0 Å². The second kappa shape index (κ2) is 96.8. The molecule has 0 saturated carbocycles. The summed E-state index contributed by atoms with van der Waals surface area (Å²) in [6.45, 7) is 0. The zero-order valence-corrected chi connectivity index (χ0v) is 4.00. The van der Waals surface area contributed by atoms with Crippen LogP contribution < -0.4 is 0 Å². The van der Waals surface area contributed by atoms with E-state index in [-0.39, 0.29) is 49.4 Å². The summed E-state index contributed by atoms with van der Waals surface area (Å²) in [6, 6.07) is 0. The Hall–Kier alpha value is 0.867. The first-order chi connectivity index (χ1) is 0. The van der Waals surface area contributed by atoms with Crippen LogP contribution >= 0.6 is 0 Å². The molecule has 0 radical (unpaired) electrons. The van der Waals surface area contributed by atoms with Crippen LogP contribution in [0.15, 0.2) is 0 Å². The first kappa shape index (κ1) is 185. The van der Waals surface area contributed by atoms with Gasteiger partial charge in [-0.05, 0) is 0 Å². The molecule has 0 aliphatic carbocycles. The van der Waals surface area contributed by atoms with Gasteiger partial charge in [-0.15, -0.1) is 0 Å². The van der Waals surface area contributed by atoms with E-state index in [0.717, 1.165) is 0 Å². The van der Waals surface area contributed by atoms with E-state index in [4.69, 9.17) is 0 Å². The van der Waals surface area contributed by atoms with E-state index in [1.165, 1.54) is 0 Å². The van der Waals surface area contributed by atoms with Gasteiger partial charge < -0.3 is 16.4 Å². The minimum atomic E-state index is 0. The van der Waals surface area contributed by atoms with Gasteiger partial charge in [-0.1, -0.05) is 0 Å². The van der Waals surface area contributed by atoms with Crippen LogP contribution in [0.25, 0.3) is 0 Å². The van der Waals surface area contributed by atoms with Crippen molar-refractivity contribution in [3.8, 4) is 0 Å². The summed E-state index contributed by atoms with van der Waals surface area (Å²) in [4.78, 5) is 0. The van der Waals surface area contributed by atoms with Gasteiger partial charge in [0, 0.05) is 16.5 Å². The second-order valence-corrected chi connectivity index (χ2v) is 0. The molecule has 0 fully saturated rings. The van der Waals surface area contributed by atoms with E-state index < -0.39 is 0 Å². The zero-order valence-electron chi connectivity index (χ0n) is 2.03. The largest absolute Gasteiger partial charge is 2.00 e. The molecule has 0 aromatic rings. The van der Waals surface area contributed by atoms with E-state index in [9.17, 15) is 0 Å². The van der Waals surface area contributed by atoms with Gasteiger partial charge in [0.15, 0.2) is 0 Å². The molecule has 0 heterocycles. The maximum absolute atomic E-state index is 0. The molecule has 0 rings (SSSR count). The van der Waals surface area contributed by atoms with Crippen molar-refractivity contribution in [1.29, 1.82) is 0 Å². The predicted octanol–water partition coefficient (Wildman–Crippen LogP) is -1.18. The Morgan fingerprint density at radius 1 is 0.800 bits per heavy atom. The Kier molecular flexibility index (Phi) is 3580. The van der Waals surface area contributed by atoms with Crippen molar-refractivity contribution >= 4 is 0 Å². The molecule has 0 unspecified atom stereocenters. The average Bonchev–Trinajstić information content (AvgIpc) is 0. The maximum atomic E-state index is 0. The molecule has 0 aromatic heterocycles. The van der Waals surface area contributed by atoms with Crippen LogP contribution in [0.4, 0.5) is 0 Å². The number of hydrogen-bond acceptors (Lipinski definition) is 2. The van der Waals surface area contributed by atoms with Crippen LogP contribution in [-0.4, -0.2) is 16.4 Å². The third kappa shape index (κ3) is 53.2. The van der Waals surface area contributed by atoms with Crippen molar-refractivity contribution in [2.45, 2.75) is 0 Å². The van der Waals surface area contributed by atoms with Crippen LogP contribution in [-0.2, 0) is 33.0 Å². The Balaban J connectivity index is 0. The minimum absolute atomic E-state index is 0. The van der Waals surface area contributed by atoms with Gasteiger partial charge in [0.1, 0.15) is 0 Å². The van der Waals surface area contributed by atoms with Gasteiger partial charge in [-0.25, -0.2) is 0 Å². The van der Waals surface area contributed by atoms with E-state index in [1.54, 1.807) is 0 Å². The summed E-state index contributed by atoms with van der Waals surface area (Å²) >= 11 is 0. The first-order valence-electron chi connectivity index (χ1n) is 0. The molecule has 5 heteroatoms. The Labute approximate surface area is 49.9 Å². The van der Waals surface area contributed by atoms with Crippen molar-refractivity contribution in [3.05, 3.63) is 0 Å². The molecule has 42 valence electrons. The molecule has 5 heavy (non-hydrogen) atoms. The molecule has 3 nitrogen and oxygen atoms in total. The van der Waals surface area contributed by atoms with Crippen LogP contribution in [0.5, 0.6) is 0 Å². The van der Waals surface area contributed by atoms with E-state index in [2.05, 4.69) is 0 Å². The van der Waals surface area contributed by atoms with Gasteiger partial charge in [-0.2, -0.15) is 0 Å². The van der Waals surface area contributed by atoms with Crippen LogP contribution in [0.1, 0.15) is 0 Å². The van der Waals surface area contributed by atoms with E-state index in [0.29, 0.717) is 0 Å². The van der Waals surface area contributed by atoms with Crippen LogP contribution in [0.2, 0.25) is 0 Å². The molecule has 0 aliphatic heterocycles. The average molecular weight is 169 g/mol. The van der Waals surface area contributed by atoms with Gasteiger partial charge in [-0.3, -0.25) is 0 Å². The Morgan fingerprint density at radius 3 is 0.800 bits per heavy atom. The van der Waals surface area contributed by atoms with Crippen LogP contribution in [0, 0.1) is 0 Å². The third-order valence-corrected chi connectivity index (χ3v) is 0.